The zero-order valence-corrected chi connectivity index (χ0v) is 12.0. The molecule has 1 aliphatic rings. The number of nitrogens with zero attached hydrogens (tertiary/aromatic N) is 5. The molecule has 0 spiro atoms. The minimum absolute atomic E-state index is 0.238. The first-order chi connectivity index (χ1) is 9.63. The van der Waals surface area contributed by atoms with E-state index in [9.17, 15) is 4.79 Å². The monoisotopic (exact) mass is 293 g/mol. The Balaban J connectivity index is 1.57. The minimum Gasteiger partial charge on any atom is -0.328 e. The second kappa shape index (κ2) is 5.16. The van der Waals surface area contributed by atoms with E-state index in [0.717, 1.165) is 5.01 Å². The minimum atomic E-state index is -0.320. The van der Waals surface area contributed by atoms with Crippen molar-refractivity contribution >= 4 is 22.5 Å². The quantitative estimate of drug-likeness (QED) is 0.888. The highest BCUT2D eigenvalue weighted by Crippen LogP contribution is 2.41. The molecule has 0 unspecified atom stereocenters. The van der Waals surface area contributed by atoms with Gasteiger partial charge in [0.25, 0.3) is 0 Å². The molecule has 0 radical (unpaired) electrons. The Bertz CT molecular complexity index is 618. The van der Waals surface area contributed by atoms with Gasteiger partial charge in [-0.1, -0.05) is 11.3 Å². The summed E-state index contributed by atoms with van der Waals surface area (Å²) in [6.07, 6.45) is 3.94. The molecule has 0 bridgehead atoms. The van der Waals surface area contributed by atoms with Crippen molar-refractivity contribution in [2.24, 2.45) is 7.05 Å². The highest BCUT2D eigenvalue weighted by molar-refractivity contribution is 7.15. The number of carbonyl (C=O) groups is 1. The number of rotatable bonds is 4. The standard InChI is InChI=1S/C11H15N7OS/c1-6(8-15-12-5-18(8)2)13-10(19)14-11-17-16-9(20-11)7-3-4-7/h5-7H,3-4H2,1-2H3,(H2,13,14,17,19)/t6-/m1/s1. The van der Waals surface area contributed by atoms with Crippen LogP contribution in [0.1, 0.15) is 42.6 Å². The molecule has 2 aromatic rings. The maximum absolute atomic E-state index is 11.9. The summed E-state index contributed by atoms with van der Waals surface area (Å²) < 4.78 is 1.76. The van der Waals surface area contributed by atoms with Crippen LogP contribution in [0.25, 0.3) is 0 Å². The average molecular weight is 293 g/mol. The van der Waals surface area contributed by atoms with Gasteiger partial charge in [0, 0.05) is 13.0 Å². The van der Waals surface area contributed by atoms with E-state index < -0.39 is 0 Å². The first kappa shape index (κ1) is 13.0. The zero-order chi connectivity index (χ0) is 14.1. The molecule has 9 heteroatoms. The van der Waals surface area contributed by atoms with E-state index in [1.807, 2.05) is 14.0 Å². The molecule has 1 saturated carbocycles. The molecule has 2 amide bonds. The first-order valence-electron chi connectivity index (χ1n) is 6.38. The van der Waals surface area contributed by atoms with Crippen LogP contribution in [0.15, 0.2) is 6.33 Å². The summed E-state index contributed by atoms with van der Waals surface area (Å²) in [5, 5.41) is 22.8. The Morgan fingerprint density at radius 3 is 2.90 bits per heavy atom. The predicted octanol–water partition coefficient (Wildman–Crippen LogP) is 1.43. The SMILES string of the molecule is C[C@@H](NC(=O)Nc1nnc(C2CC2)s1)c1nncn1C. The third-order valence-electron chi connectivity index (χ3n) is 3.07. The van der Waals surface area contributed by atoms with Crippen LogP contribution >= 0.6 is 11.3 Å². The fraction of sp³-hybridized carbons (Fsp3) is 0.545. The predicted molar refractivity (Wildman–Crippen MR) is 73.5 cm³/mol. The van der Waals surface area contributed by atoms with Crippen LogP contribution in [0, 0.1) is 0 Å². The van der Waals surface area contributed by atoms with Gasteiger partial charge in [-0.25, -0.2) is 4.79 Å². The molecule has 2 heterocycles. The van der Waals surface area contributed by atoms with E-state index >= 15 is 0 Å². The van der Waals surface area contributed by atoms with Gasteiger partial charge in [-0.15, -0.1) is 20.4 Å². The summed E-state index contributed by atoms with van der Waals surface area (Å²) in [5.41, 5.74) is 0. The molecular weight excluding hydrogens is 278 g/mol. The van der Waals surface area contributed by atoms with Gasteiger partial charge in [-0.2, -0.15) is 0 Å². The summed E-state index contributed by atoms with van der Waals surface area (Å²) in [7, 11) is 1.83. The number of carbonyl (C=O) groups excluding carboxylic acids is 1. The number of hydrogen-bond acceptors (Lipinski definition) is 6. The lowest BCUT2D eigenvalue weighted by molar-refractivity contribution is 0.248. The van der Waals surface area contributed by atoms with Crippen LogP contribution in [0.5, 0.6) is 0 Å². The van der Waals surface area contributed by atoms with E-state index in [2.05, 4.69) is 31.0 Å². The average Bonchev–Trinajstić information content (AvgIpc) is 3.00. The van der Waals surface area contributed by atoms with Crippen molar-refractivity contribution in [3.05, 3.63) is 17.2 Å². The molecular formula is C11H15N7OS. The van der Waals surface area contributed by atoms with Crippen molar-refractivity contribution in [3.8, 4) is 0 Å². The highest BCUT2D eigenvalue weighted by Gasteiger charge is 2.27. The highest BCUT2D eigenvalue weighted by atomic mass is 32.1. The van der Waals surface area contributed by atoms with Crippen molar-refractivity contribution in [3.63, 3.8) is 0 Å². The molecule has 106 valence electrons. The zero-order valence-electron chi connectivity index (χ0n) is 11.2. The number of urea groups is 1. The molecule has 8 nitrogen and oxygen atoms in total. The summed E-state index contributed by atoms with van der Waals surface area (Å²) in [4.78, 5) is 11.9. The number of aryl methyl sites for hydroxylation is 1. The molecule has 1 atom stereocenters. The molecule has 2 N–H and O–H groups in total. The summed E-state index contributed by atoms with van der Waals surface area (Å²) in [5.74, 6) is 1.24. The first-order valence-corrected chi connectivity index (χ1v) is 7.20. The van der Waals surface area contributed by atoms with Crippen LogP contribution in [0.2, 0.25) is 0 Å². The van der Waals surface area contributed by atoms with Crippen molar-refractivity contribution in [2.75, 3.05) is 5.32 Å². The number of amides is 2. The molecule has 0 aromatic carbocycles. The third kappa shape index (κ3) is 2.77. The van der Waals surface area contributed by atoms with Gasteiger partial charge >= 0.3 is 6.03 Å². The maximum atomic E-state index is 11.9. The van der Waals surface area contributed by atoms with Crippen molar-refractivity contribution in [1.82, 2.24) is 30.3 Å². The van der Waals surface area contributed by atoms with Crippen LogP contribution in [-0.2, 0) is 7.05 Å². The second-order valence-electron chi connectivity index (χ2n) is 4.84. The fourth-order valence-electron chi connectivity index (χ4n) is 1.86. The third-order valence-corrected chi connectivity index (χ3v) is 4.07. The molecule has 1 fully saturated rings. The van der Waals surface area contributed by atoms with Gasteiger partial charge in [0.15, 0.2) is 5.82 Å². The molecule has 2 aromatic heterocycles. The number of hydrogen-bond donors (Lipinski definition) is 2. The fourth-order valence-corrected chi connectivity index (χ4v) is 2.77. The van der Waals surface area contributed by atoms with Crippen molar-refractivity contribution in [1.29, 1.82) is 0 Å². The van der Waals surface area contributed by atoms with Crippen LogP contribution in [-0.4, -0.2) is 31.0 Å². The lowest BCUT2D eigenvalue weighted by atomic mass is 10.3. The Kier molecular flexibility index (Phi) is 3.35. The lowest BCUT2D eigenvalue weighted by Gasteiger charge is -2.12. The van der Waals surface area contributed by atoms with E-state index in [0.29, 0.717) is 16.9 Å². The van der Waals surface area contributed by atoms with Gasteiger partial charge in [-0.05, 0) is 19.8 Å². The molecule has 3 rings (SSSR count). The van der Waals surface area contributed by atoms with E-state index in [-0.39, 0.29) is 12.1 Å². The molecule has 0 aliphatic heterocycles. The number of anilines is 1. The van der Waals surface area contributed by atoms with Gasteiger partial charge in [0.1, 0.15) is 11.3 Å². The van der Waals surface area contributed by atoms with Gasteiger partial charge in [0.05, 0.1) is 6.04 Å². The molecule has 20 heavy (non-hydrogen) atoms. The summed E-state index contributed by atoms with van der Waals surface area (Å²) in [6.45, 7) is 1.85. The van der Waals surface area contributed by atoms with Crippen LogP contribution in [0.3, 0.4) is 0 Å². The summed E-state index contributed by atoms with van der Waals surface area (Å²) in [6, 6.07) is -0.558. The molecule has 1 aliphatic carbocycles. The Hall–Kier alpha value is -2.03. The van der Waals surface area contributed by atoms with Crippen LogP contribution in [0.4, 0.5) is 9.93 Å². The van der Waals surface area contributed by atoms with Crippen molar-refractivity contribution in [2.45, 2.75) is 31.7 Å². The van der Waals surface area contributed by atoms with E-state index in [1.54, 1.807) is 10.9 Å². The normalized spacial score (nSPS) is 15.9. The van der Waals surface area contributed by atoms with E-state index in [1.165, 1.54) is 24.2 Å². The van der Waals surface area contributed by atoms with Gasteiger partial charge in [-0.3, -0.25) is 5.32 Å². The Morgan fingerprint density at radius 1 is 1.45 bits per heavy atom. The number of aromatic nitrogens is 5. The molecule has 0 saturated heterocycles. The Morgan fingerprint density at radius 2 is 2.25 bits per heavy atom. The van der Waals surface area contributed by atoms with Gasteiger partial charge in [0.2, 0.25) is 5.13 Å². The topological polar surface area (TPSA) is 97.6 Å². The summed E-state index contributed by atoms with van der Waals surface area (Å²) >= 11 is 1.43. The number of nitrogens with one attached hydrogen (secondary N) is 2. The maximum Gasteiger partial charge on any atom is 0.321 e. The van der Waals surface area contributed by atoms with E-state index in [4.69, 9.17) is 0 Å². The van der Waals surface area contributed by atoms with Gasteiger partial charge < -0.3 is 9.88 Å². The second-order valence-corrected chi connectivity index (χ2v) is 5.85. The lowest BCUT2D eigenvalue weighted by Crippen LogP contribution is -2.32. The largest absolute Gasteiger partial charge is 0.328 e. The van der Waals surface area contributed by atoms with Crippen molar-refractivity contribution < 1.29 is 4.79 Å². The van der Waals surface area contributed by atoms with Crippen LogP contribution < -0.4 is 10.6 Å². The smallest absolute Gasteiger partial charge is 0.321 e. The Labute approximate surface area is 119 Å².